The van der Waals surface area contributed by atoms with Crippen molar-refractivity contribution in [3.8, 4) is 0 Å². The molecule has 1 N–H and O–H groups in total. The van der Waals surface area contributed by atoms with E-state index in [2.05, 4.69) is 5.32 Å². The molecule has 25 heavy (non-hydrogen) atoms. The Balaban J connectivity index is 2.07. The Morgan fingerprint density at radius 3 is 2.28 bits per heavy atom. The molecule has 0 unspecified atom stereocenters. The maximum absolute atomic E-state index is 14.3. The maximum atomic E-state index is 14.3. The van der Waals surface area contributed by atoms with Crippen LogP contribution in [0.15, 0.2) is 42.5 Å². The van der Waals surface area contributed by atoms with Gasteiger partial charge in [0.2, 0.25) is 0 Å². The zero-order chi connectivity index (χ0) is 18.4. The topological polar surface area (TPSA) is 12.0 Å². The van der Waals surface area contributed by atoms with E-state index in [4.69, 9.17) is 0 Å². The summed E-state index contributed by atoms with van der Waals surface area (Å²) in [5.41, 5.74) is 0.373. The fourth-order valence-corrected chi connectivity index (χ4v) is 2.77. The molecule has 0 aliphatic heterocycles. The van der Waals surface area contributed by atoms with Crippen LogP contribution in [0.3, 0.4) is 0 Å². The van der Waals surface area contributed by atoms with Crippen LogP contribution < -0.4 is 5.32 Å². The lowest BCUT2D eigenvalue weighted by molar-refractivity contribution is -0.138. The number of hydrogen-bond acceptors (Lipinski definition) is 1. The SMILES string of the molecule is CC(C)Cc1c(F)cc(CCNCc2ccccc2)cc1C(F)(F)F. The van der Waals surface area contributed by atoms with E-state index >= 15 is 0 Å². The first-order chi connectivity index (χ1) is 11.8. The van der Waals surface area contributed by atoms with Gasteiger partial charge in [-0.1, -0.05) is 44.2 Å². The molecule has 0 spiro atoms. The number of hydrogen-bond donors (Lipinski definition) is 1. The minimum absolute atomic E-state index is 0.0472. The highest BCUT2D eigenvalue weighted by molar-refractivity contribution is 5.36. The first-order valence-corrected chi connectivity index (χ1v) is 8.40. The summed E-state index contributed by atoms with van der Waals surface area (Å²) in [6.45, 7) is 4.66. The van der Waals surface area contributed by atoms with Crippen LogP contribution >= 0.6 is 0 Å². The molecule has 2 aromatic rings. The highest BCUT2D eigenvalue weighted by Gasteiger charge is 2.35. The van der Waals surface area contributed by atoms with E-state index in [9.17, 15) is 17.6 Å². The molecule has 0 aliphatic rings. The zero-order valence-electron chi connectivity index (χ0n) is 14.5. The van der Waals surface area contributed by atoms with Gasteiger partial charge < -0.3 is 5.32 Å². The monoisotopic (exact) mass is 353 g/mol. The number of rotatable bonds is 7. The minimum atomic E-state index is -4.54. The summed E-state index contributed by atoms with van der Waals surface area (Å²) in [6.07, 6.45) is -4.12. The van der Waals surface area contributed by atoms with Gasteiger partial charge in [0, 0.05) is 12.1 Å². The van der Waals surface area contributed by atoms with Crippen LogP contribution in [0.25, 0.3) is 0 Å². The number of benzene rings is 2. The summed E-state index contributed by atoms with van der Waals surface area (Å²) in [6, 6.07) is 12.0. The van der Waals surface area contributed by atoms with Crippen molar-refractivity contribution >= 4 is 0 Å². The van der Waals surface area contributed by atoms with Crippen LogP contribution in [0.1, 0.15) is 36.1 Å². The molecule has 0 atom stereocenters. The summed E-state index contributed by atoms with van der Waals surface area (Å²) in [5.74, 6) is -0.810. The van der Waals surface area contributed by atoms with Crippen LogP contribution in [-0.2, 0) is 25.6 Å². The Kier molecular flexibility index (Phi) is 6.59. The lowest BCUT2D eigenvalue weighted by atomic mass is 9.94. The van der Waals surface area contributed by atoms with Crippen molar-refractivity contribution in [2.45, 2.75) is 39.4 Å². The van der Waals surface area contributed by atoms with Crippen molar-refractivity contribution in [1.29, 1.82) is 0 Å². The van der Waals surface area contributed by atoms with Gasteiger partial charge in [-0.15, -0.1) is 0 Å². The summed E-state index contributed by atoms with van der Waals surface area (Å²) >= 11 is 0. The number of nitrogens with one attached hydrogen (secondary N) is 1. The smallest absolute Gasteiger partial charge is 0.312 e. The van der Waals surface area contributed by atoms with Crippen LogP contribution in [0.4, 0.5) is 17.6 Å². The van der Waals surface area contributed by atoms with Gasteiger partial charge in [0.05, 0.1) is 5.56 Å². The third-order valence-corrected chi connectivity index (χ3v) is 3.94. The minimum Gasteiger partial charge on any atom is -0.312 e. The molecule has 0 amide bonds. The average Bonchev–Trinajstić information content (AvgIpc) is 2.53. The predicted octanol–water partition coefficient (Wildman–Crippen LogP) is 5.38. The van der Waals surface area contributed by atoms with Gasteiger partial charge in [-0.05, 0) is 48.6 Å². The molecule has 136 valence electrons. The molecule has 2 aromatic carbocycles. The third kappa shape index (κ3) is 5.85. The molecule has 1 nitrogen and oxygen atoms in total. The Morgan fingerprint density at radius 2 is 1.68 bits per heavy atom. The second-order valence-electron chi connectivity index (χ2n) is 6.61. The molecule has 0 fully saturated rings. The summed E-state index contributed by atoms with van der Waals surface area (Å²) in [5, 5.41) is 3.17. The van der Waals surface area contributed by atoms with Gasteiger partial charge >= 0.3 is 6.18 Å². The fourth-order valence-electron chi connectivity index (χ4n) is 2.77. The fraction of sp³-hybridized carbons (Fsp3) is 0.400. The summed E-state index contributed by atoms with van der Waals surface area (Å²) < 4.78 is 54.1. The first kappa shape index (κ1) is 19.4. The second kappa shape index (κ2) is 8.48. The lowest BCUT2D eigenvalue weighted by Crippen LogP contribution is -2.18. The van der Waals surface area contributed by atoms with E-state index in [1.54, 1.807) is 13.8 Å². The van der Waals surface area contributed by atoms with Crippen LogP contribution in [0.2, 0.25) is 0 Å². The molecule has 0 aromatic heterocycles. The van der Waals surface area contributed by atoms with Crippen molar-refractivity contribution in [3.05, 3.63) is 70.5 Å². The normalized spacial score (nSPS) is 12.0. The molecule has 0 heterocycles. The van der Waals surface area contributed by atoms with Crippen LogP contribution in [0, 0.1) is 11.7 Å². The van der Waals surface area contributed by atoms with Crippen molar-refractivity contribution < 1.29 is 17.6 Å². The number of alkyl halides is 3. The van der Waals surface area contributed by atoms with E-state index in [-0.39, 0.29) is 17.9 Å². The molecular formula is C20H23F4N. The van der Waals surface area contributed by atoms with Gasteiger partial charge in [0.1, 0.15) is 5.82 Å². The van der Waals surface area contributed by atoms with Crippen LogP contribution in [-0.4, -0.2) is 6.54 Å². The third-order valence-electron chi connectivity index (χ3n) is 3.94. The quantitative estimate of drug-likeness (QED) is 0.521. The molecule has 0 saturated heterocycles. The molecule has 2 rings (SSSR count). The second-order valence-corrected chi connectivity index (χ2v) is 6.61. The lowest BCUT2D eigenvalue weighted by Gasteiger charge is -2.17. The van der Waals surface area contributed by atoms with Crippen LogP contribution in [0.5, 0.6) is 0 Å². The maximum Gasteiger partial charge on any atom is 0.416 e. The van der Waals surface area contributed by atoms with E-state index < -0.39 is 17.6 Å². The van der Waals surface area contributed by atoms with E-state index in [0.717, 1.165) is 11.6 Å². The first-order valence-electron chi connectivity index (χ1n) is 8.40. The highest BCUT2D eigenvalue weighted by Crippen LogP contribution is 2.35. The number of halogens is 4. The summed E-state index contributed by atoms with van der Waals surface area (Å²) in [7, 11) is 0. The Bertz CT molecular complexity index is 678. The Morgan fingerprint density at radius 1 is 1.00 bits per heavy atom. The molecule has 0 saturated carbocycles. The van der Waals surface area contributed by atoms with E-state index in [1.807, 2.05) is 30.3 Å². The molecule has 5 heteroatoms. The van der Waals surface area contributed by atoms with E-state index in [1.165, 1.54) is 6.07 Å². The van der Waals surface area contributed by atoms with Crippen molar-refractivity contribution in [3.63, 3.8) is 0 Å². The molecule has 0 bridgehead atoms. The van der Waals surface area contributed by atoms with E-state index in [0.29, 0.717) is 25.1 Å². The van der Waals surface area contributed by atoms with Gasteiger partial charge in [-0.25, -0.2) is 4.39 Å². The van der Waals surface area contributed by atoms with Gasteiger partial charge in [-0.3, -0.25) is 0 Å². The predicted molar refractivity (Wildman–Crippen MR) is 91.8 cm³/mol. The average molecular weight is 353 g/mol. The zero-order valence-corrected chi connectivity index (χ0v) is 14.5. The largest absolute Gasteiger partial charge is 0.416 e. The summed E-state index contributed by atoms with van der Waals surface area (Å²) in [4.78, 5) is 0. The molecular weight excluding hydrogens is 330 g/mol. The standard InChI is InChI=1S/C20H23F4N/c1-14(2)10-17-18(20(22,23)24)11-16(12-19(17)21)8-9-25-13-15-6-4-3-5-7-15/h3-7,11-12,14,25H,8-10,13H2,1-2H3. The Hall–Kier alpha value is -1.88. The van der Waals surface area contributed by atoms with Crippen molar-refractivity contribution in [2.24, 2.45) is 5.92 Å². The van der Waals surface area contributed by atoms with Gasteiger partial charge in [-0.2, -0.15) is 13.2 Å². The molecule has 0 aliphatic carbocycles. The Labute approximate surface area is 146 Å². The van der Waals surface area contributed by atoms with Gasteiger partial charge in [0.15, 0.2) is 0 Å². The highest BCUT2D eigenvalue weighted by atomic mass is 19.4. The van der Waals surface area contributed by atoms with Crippen molar-refractivity contribution in [1.82, 2.24) is 5.32 Å². The van der Waals surface area contributed by atoms with Crippen molar-refractivity contribution in [2.75, 3.05) is 6.54 Å². The van der Waals surface area contributed by atoms with Gasteiger partial charge in [0.25, 0.3) is 0 Å². The molecule has 0 radical (unpaired) electrons.